The van der Waals surface area contributed by atoms with Crippen molar-refractivity contribution in [3.05, 3.63) is 11.6 Å². The molecular weight excluding hydrogens is 486 g/mol. The van der Waals surface area contributed by atoms with Crippen molar-refractivity contribution >= 4 is 17.9 Å². The van der Waals surface area contributed by atoms with Gasteiger partial charge in [0.2, 0.25) is 0 Å². The lowest BCUT2D eigenvalue weighted by Gasteiger charge is -2.38. The van der Waals surface area contributed by atoms with Crippen molar-refractivity contribution in [1.29, 1.82) is 0 Å². The zero-order valence-electron chi connectivity index (χ0n) is 24.2. The van der Waals surface area contributed by atoms with Crippen molar-refractivity contribution in [1.82, 2.24) is 16.0 Å². The van der Waals surface area contributed by atoms with Crippen LogP contribution in [0.1, 0.15) is 80.1 Å². The first-order valence-corrected chi connectivity index (χ1v) is 14.4. The molecule has 0 aromatic carbocycles. The van der Waals surface area contributed by atoms with Crippen molar-refractivity contribution in [3.8, 4) is 0 Å². The van der Waals surface area contributed by atoms with Crippen LogP contribution in [0.3, 0.4) is 0 Å². The molecule has 3 aliphatic rings. The predicted molar refractivity (Wildman–Crippen MR) is 145 cm³/mol. The van der Waals surface area contributed by atoms with Gasteiger partial charge in [0, 0.05) is 23.8 Å². The number of hydrogen-bond donors (Lipinski definition) is 3. The molecule has 9 nitrogen and oxygen atoms in total. The summed E-state index contributed by atoms with van der Waals surface area (Å²) in [4.78, 5) is 40.1. The summed E-state index contributed by atoms with van der Waals surface area (Å²) < 4.78 is 17.6. The van der Waals surface area contributed by atoms with Crippen LogP contribution < -0.4 is 16.0 Å². The summed E-state index contributed by atoms with van der Waals surface area (Å²) in [5.74, 6) is -1.98. The molecular formula is C29H49N3O6. The van der Waals surface area contributed by atoms with E-state index in [-0.39, 0.29) is 17.8 Å². The van der Waals surface area contributed by atoms with Gasteiger partial charge in [-0.15, -0.1) is 0 Å². The molecule has 0 spiro atoms. The van der Waals surface area contributed by atoms with Crippen molar-refractivity contribution < 1.29 is 28.6 Å². The minimum Gasteiger partial charge on any atom is -0.456 e. The van der Waals surface area contributed by atoms with E-state index < -0.39 is 40.3 Å². The second-order valence-electron chi connectivity index (χ2n) is 12.6. The number of esters is 3. The number of hydrogen-bond acceptors (Lipinski definition) is 9. The van der Waals surface area contributed by atoms with Crippen molar-refractivity contribution in [2.75, 3.05) is 39.3 Å². The van der Waals surface area contributed by atoms with Gasteiger partial charge in [-0.25, -0.2) is 14.4 Å². The summed E-state index contributed by atoms with van der Waals surface area (Å²) in [5, 5.41) is 9.95. The first-order chi connectivity index (χ1) is 17.8. The Bertz CT molecular complexity index is 818. The average Bonchev–Trinajstić information content (AvgIpc) is 2.88. The molecule has 3 fully saturated rings. The highest BCUT2D eigenvalue weighted by Crippen LogP contribution is 2.33. The predicted octanol–water partition coefficient (Wildman–Crippen LogP) is 2.88. The fraction of sp³-hybridized carbons (Fsp3) is 0.828. The van der Waals surface area contributed by atoms with Gasteiger partial charge in [0.1, 0.15) is 16.8 Å². The fourth-order valence-electron chi connectivity index (χ4n) is 6.00. The summed E-state index contributed by atoms with van der Waals surface area (Å²) >= 11 is 0. The average molecular weight is 536 g/mol. The van der Waals surface area contributed by atoms with Crippen LogP contribution in [0.2, 0.25) is 0 Å². The maximum absolute atomic E-state index is 13.5. The molecule has 3 saturated heterocycles. The number of nitrogens with one attached hydrogen (secondary N) is 3. The van der Waals surface area contributed by atoms with Crippen LogP contribution in [0.15, 0.2) is 11.6 Å². The van der Waals surface area contributed by atoms with Crippen LogP contribution in [0, 0.1) is 17.8 Å². The second kappa shape index (κ2) is 12.9. The molecule has 3 rings (SSSR count). The third-order valence-corrected chi connectivity index (χ3v) is 8.74. The Morgan fingerprint density at radius 2 is 0.842 bits per heavy atom. The minimum atomic E-state index is -0.851. The maximum Gasteiger partial charge on any atom is 0.346 e. The van der Waals surface area contributed by atoms with Crippen molar-refractivity contribution in [3.63, 3.8) is 0 Å². The number of piperidine rings is 3. The first kappa shape index (κ1) is 30.6. The van der Waals surface area contributed by atoms with Crippen LogP contribution in [0.25, 0.3) is 0 Å². The highest BCUT2D eigenvalue weighted by molar-refractivity contribution is 6.17. The summed E-state index contributed by atoms with van der Waals surface area (Å²) in [6.45, 7) is 16.3. The van der Waals surface area contributed by atoms with Gasteiger partial charge in [-0.2, -0.15) is 0 Å². The molecule has 216 valence electrons. The number of rotatable bonds is 9. The highest BCUT2D eigenvalue weighted by atomic mass is 16.6. The van der Waals surface area contributed by atoms with Crippen molar-refractivity contribution in [2.45, 2.75) is 96.9 Å². The smallest absolute Gasteiger partial charge is 0.346 e. The van der Waals surface area contributed by atoms with Crippen LogP contribution in [0.4, 0.5) is 0 Å². The molecule has 0 atom stereocenters. The quantitative estimate of drug-likeness (QED) is 0.135. The normalized spacial score (nSPS) is 20.9. The standard InChI is InChI=1S/C29H49N3O6/c1-27(2,20-7-13-30-14-8-20)36-24(33)19-23(25(34)37-28(3,4)21-9-15-31-16-10-21)26(35)38-29(5,6)22-11-17-32-18-12-22/h19-22,30-32H,7-18H2,1-6H3. The Kier molecular flexibility index (Phi) is 10.4. The number of carbonyl (C=O) groups excluding carboxylic acids is 3. The molecule has 3 heterocycles. The Morgan fingerprint density at radius 1 is 0.553 bits per heavy atom. The van der Waals surface area contributed by atoms with Gasteiger partial charge in [-0.3, -0.25) is 0 Å². The van der Waals surface area contributed by atoms with Gasteiger partial charge in [0.25, 0.3) is 0 Å². The molecule has 0 bridgehead atoms. The van der Waals surface area contributed by atoms with Crippen LogP contribution in [0.5, 0.6) is 0 Å². The molecule has 0 aliphatic carbocycles. The topological polar surface area (TPSA) is 115 Å². The molecule has 3 aliphatic heterocycles. The van der Waals surface area contributed by atoms with E-state index in [1.54, 1.807) is 0 Å². The minimum absolute atomic E-state index is 0.141. The Hall–Kier alpha value is -1.97. The molecule has 0 unspecified atom stereocenters. The fourth-order valence-corrected chi connectivity index (χ4v) is 6.00. The summed E-state index contributed by atoms with van der Waals surface area (Å²) in [5.41, 5.74) is -2.76. The Balaban J connectivity index is 1.80. The largest absolute Gasteiger partial charge is 0.456 e. The molecule has 0 saturated carbocycles. The lowest BCUT2D eigenvalue weighted by atomic mass is 9.83. The molecule has 38 heavy (non-hydrogen) atoms. The Labute approximate surface area is 228 Å². The van der Waals surface area contributed by atoms with Gasteiger partial charge >= 0.3 is 17.9 Å². The number of ether oxygens (including phenoxy) is 3. The summed E-state index contributed by atoms with van der Waals surface area (Å²) in [7, 11) is 0. The third-order valence-electron chi connectivity index (χ3n) is 8.74. The first-order valence-electron chi connectivity index (χ1n) is 14.4. The summed E-state index contributed by atoms with van der Waals surface area (Å²) in [6, 6.07) is 0. The summed E-state index contributed by atoms with van der Waals surface area (Å²) in [6.07, 6.45) is 6.19. The zero-order valence-corrected chi connectivity index (χ0v) is 24.2. The second-order valence-corrected chi connectivity index (χ2v) is 12.6. The molecule has 0 aromatic heterocycles. The molecule has 0 aromatic rings. The molecule has 0 radical (unpaired) electrons. The van der Waals surface area contributed by atoms with E-state index in [0.717, 1.165) is 83.9 Å². The van der Waals surface area contributed by atoms with E-state index in [1.807, 2.05) is 41.5 Å². The molecule has 3 N–H and O–H groups in total. The molecule has 0 amide bonds. The maximum atomic E-state index is 13.5. The van der Waals surface area contributed by atoms with Crippen LogP contribution in [-0.2, 0) is 28.6 Å². The lowest BCUT2D eigenvalue weighted by molar-refractivity contribution is -0.168. The van der Waals surface area contributed by atoms with Crippen molar-refractivity contribution in [2.24, 2.45) is 17.8 Å². The SMILES string of the molecule is CC(C)(OC(=O)C=C(C(=O)OC(C)(C)C1CCNCC1)C(=O)OC(C)(C)C1CCNCC1)C1CCNCC1. The monoisotopic (exact) mass is 535 g/mol. The van der Waals surface area contributed by atoms with Gasteiger partial charge in [0.15, 0.2) is 5.57 Å². The zero-order chi connectivity index (χ0) is 28.0. The van der Waals surface area contributed by atoms with Gasteiger partial charge in [0.05, 0.1) is 0 Å². The molecule has 9 heteroatoms. The highest BCUT2D eigenvalue weighted by Gasteiger charge is 2.40. The van der Waals surface area contributed by atoms with E-state index >= 15 is 0 Å². The van der Waals surface area contributed by atoms with E-state index in [9.17, 15) is 14.4 Å². The number of carbonyl (C=O) groups is 3. The van der Waals surface area contributed by atoms with Crippen LogP contribution in [-0.4, -0.2) is 74.0 Å². The Morgan fingerprint density at radius 3 is 1.16 bits per heavy atom. The van der Waals surface area contributed by atoms with E-state index in [4.69, 9.17) is 14.2 Å². The van der Waals surface area contributed by atoms with Gasteiger partial charge in [-0.05, 0) is 119 Å². The van der Waals surface area contributed by atoms with E-state index in [1.165, 1.54) is 0 Å². The van der Waals surface area contributed by atoms with E-state index in [2.05, 4.69) is 16.0 Å². The third kappa shape index (κ3) is 8.26. The van der Waals surface area contributed by atoms with Gasteiger partial charge in [-0.1, -0.05) is 0 Å². The van der Waals surface area contributed by atoms with Gasteiger partial charge < -0.3 is 30.2 Å². The lowest BCUT2D eigenvalue weighted by Crippen LogP contribution is -2.45. The van der Waals surface area contributed by atoms with E-state index in [0.29, 0.717) is 0 Å². The van der Waals surface area contributed by atoms with Crippen LogP contribution >= 0.6 is 0 Å².